The first-order chi connectivity index (χ1) is 16.8. The van der Waals surface area contributed by atoms with Crippen LogP contribution in [0.3, 0.4) is 0 Å². The van der Waals surface area contributed by atoms with Crippen molar-refractivity contribution >= 4 is 42.9 Å². The molecular weight excluding hydrogens is 493 g/mol. The molecule has 35 heavy (non-hydrogen) atoms. The van der Waals surface area contributed by atoms with Crippen molar-refractivity contribution in [1.82, 2.24) is 0 Å². The van der Waals surface area contributed by atoms with Crippen molar-refractivity contribution in [1.29, 1.82) is 0 Å². The van der Waals surface area contributed by atoms with Crippen molar-refractivity contribution in [3.05, 3.63) is 121 Å². The van der Waals surface area contributed by atoms with Crippen LogP contribution in [-0.4, -0.2) is 29.5 Å². The largest absolute Gasteiger partial charge is 0.344 e. The number of hydrogen-bond acceptors (Lipinski definition) is 3. The number of rotatable bonds is 10. The first-order valence-corrected chi connectivity index (χ1v) is 17.4. The second kappa shape index (κ2) is 11.1. The maximum atomic E-state index is 14.2. The van der Waals surface area contributed by atoms with Gasteiger partial charge in [0.25, 0.3) is 0 Å². The molecule has 0 heterocycles. The fraction of sp³-hybridized carbons (Fsp3) is 0.143. The zero-order valence-electron chi connectivity index (χ0n) is 19.4. The van der Waals surface area contributed by atoms with Crippen LogP contribution in [0.4, 0.5) is 0 Å². The molecule has 0 fully saturated rings. The van der Waals surface area contributed by atoms with Gasteiger partial charge in [-0.05, 0) is 0 Å². The number of hydrogen-bond donors (Lipinski definition) is 1. The van der Waals surface area contributed by atoms with Gasteiger partial charge in [-0.2, -0.15) is 0 Å². The molecule has 0 saturated carbocycles. The lowest BCUT2D eigenvalue weighted by atomic mass is 10.4. The van der Waals surface area contributed by atoms with Crippen molar-refractivity contribution in [3.63, 3.8) is 0 Å². The molecule has 1 N–H and O–H groups in total. The van der Waals surface area contributed by atoms with Gasteiger partial charge in [0.2, 0.25) is 7.37 Å². The van der Waals surface area contributed by atoms with E-state index in [9.17, 15) is 18.6 Å². The summed E-state index contributed by atoms with van der Waals surface area (Å²) < 4.78 is 41.8. The molecule has 0 amide bonds. The van der Waals surface area contributed by atoms with Crippen molar-refractivity contribution in [2.24, 2.45) is 0 Å². The first kappa shape index (κ1) is 25.6. The average Bonchev–Trinajstić information content (AvgIpc) is 2.92. The van der Waals surface area contributed by atoms with E-state index in [1.165, 1.54) is 0 Å². The summed E-state index contributed by atoms with van der Waals surface area (Å²) in [5.41, 5.74) is 0. The molecule has 0 spiro atoms. The SMILES string of the molecule is O=P(O)(CCP(=O)(c1ccccc1)c1ccccc1)CCP(=O)(c1ccccc1)c1ccccc1. The summed E-state index contributed by atoms with van der Waals surface area (Å²) in [4.78, 5) is 10.9. The van der Waals surface area contributed by atoms with Crippen LogP contribution in [-0.2, 0) is 13.7 Å². The van der Waals surface area contributed by atoms with E-state index in [-0.39, 0.29) is 24.6 Å². The van der Waals surface area contributed by atoms with Crippen LogP contribution in [0.15, 0.2) is 121 Å². The highest BCUT2D eigenvalue weighted by Gasteiger charge is 2.34. The van der Waals surface area contributed by atoms with Gasteiger partial charge in [-0.1, -0.05) is 121 Å². The molecule has 0 aliphatic rings. The maximum Gasteiger partial charge on any atom is 0.201 e. The van der Waals surface area contributed by atoms with Gasteiger partial charge in [0, 0.05) is 45.9 Å². The standard InChI is InChI=1S/C28H29O4P3/c29-33(30,21-23-34(31,25-13-5-1-6-14-25)26-15-7-2-8-16-26)22-24-35(32,27-17-9-3-10-18-27)28-19-11-4-12-20-28/h1-20H,21-24H2,(H,29,30). The Morgan fingerprint density at radius 2 is 0.629 bits per heavy atom. The maximum absolute atomic E-state index is 14.2. The summed E-state index contributed by atoms with van der Waals surface area (Å²) in [7, 11) is -9.92. The molecule has 4 aromatic rings. The van der Waals surface area contributed by atoms with E-state index in [1.54, 1.807) is 0 Å². The molecule has 0 aliphatic carbocycles. The lowest BCUT2D eigenvalue weighted by molar-refractivity contribution is 0.480. The third kappa shape index (κ3) is 6.03. The lowest BCUT2D eigenvalue weighted by Crippen LogP contribution is -2.22. The van der Waals surface area contributed by atoms with Gasteiger partial charge in [-0.15, -0.1) is 0 Å². The fourth-order valence-electron chi connectivity index (χ4n) is 4.20. The van der Waals surface area contributed by atoms with Crippen LogP contribution < -0.4 is 21.2 Å². The van der Waals surface area contributed by atoms with Gasteiger partial charge in [0.15, 0.2) is 0 Å². The van der Waals surface area contributed by atoms with E-state index < -0.39 is 21.7 Å². The van der Waals surface area contributed by atoms with Crippen LogP contribution in [0.5, 0.6) is 0 Å². The monoisotopic (exact) mass is 522 g/mol. The topological polar surface area (TPSA) is 71.4 Å². The van der Waals surface area contributed by atoms with Gasteiger partial charge in [-0.3, -0.25) is 4.57 Å². The third-order valence-corrected chi connectivity index (χ3v) is 15.0. The quantitative estimate of drug-likeness (QED) is 0.288. The highest BCUT2D eigenvalue weighted by atomic mass is 31.2. The highest BCUT2D eigenvalue weighted by Crippen LogP contribution is 2.53. The Hall–Kier alpha value is -2.47. The Balaban J connectivity index is 1.57. The van der Waals surface area contributed by atoms with Crippen molar-refractivity contribution in [3.8, 4) is 0 Å². The summed E-state index contributed by atoms with van der Waals surface area (Å²) in [5, 5.41) is 2.69. The van der Waals surface area contributed by atoms with Crippen molar-refractivity contribution in [2.45, 2.75) is 0 Å². The average molecular weight is 522 g/mol. The van der Waals surface area contributed by atoms with E-state index in [0.29, 0.717) is 21.2 Å². The minimum Gasteiger partial charge on any atom is -0.344 e. The predicted molar refractivity (Wildman–Crippen MR) is 149 cm³/mol. The van der Waals surface area contributed by atoms with Gasteiger partial charge in [0.1, 0.15) is 14.3 Å². The molecule has 0 aromatic heterocycles. The Labute approximate surface area is 207 Å². The molecule has 0 bridgehead atoms. The van der Waals surface area contributed by atoms with Gasteiger partial charge >= 0.3 is 0 Å². The Morgan fingerprint density at radius 1 is 0.400 bits per heavy atom. The first-order valence-electron chi connectivity index (χ1n) is 11.5. The zero-order chi connectivity index (χ0) is 24.8. The number of benzene rings is 4. The Morgan fingerprint density at radius 3 is 0.857 bits per heavy atom. The van der Waals surface area contributed by atoms with E-state index >= 15 is 0 Å². The summed E-state index contributed by atoms with van der Waals surface area (Å²) in [5.74, 6) is 0. The van der Waals surface area contributed by atoms with Gasteiger partial charge in [-0.25, -0.2) is 0 Å². The normalized spacial score (nSPS) is 12.4. The fourth-order valence-corrected chi connectivity index (χ4v) is 13.4. The summed E-state index contributed by atoms with van der Waals surface area (Å²) in [6, 6.07) is 36.6. The minimum absolute atomic E-state index is 0.0791. The molecule has 180 valence electrons. The van der Waals surface area contributed by atoms with Crippen LogP contribution in [0.2, 0.25) is 0 Å². The summed E-state index contributed by atoms with van der Waals surface area (Å²) >= 11 is 0. The molecular formula is C28H29O4P3. The smallest absolute Gasteiger partial charge is 0.201 e. The molecule has 4 rings (SSSR count). The van der Waals surface area contributed by atoms with Crippen LogP contribution >= 0.6 is 21.7 Å². The molecule has 7 heteroatoms. The van der Waals surface area contributed by atoms with Crippen LogP contribution in [0.1, 0.15) is 0 Å². The Bertz CT molecular complexity index is 1180. The van der Waals surface area contributed by atoms with Crippen molar-refractivity contribution in [2.75, 3.05) is 24.6 Å². The van der Waals surface area contributed by atoms with Crippen molar-refractivity contribution < 1.29 is 18.6 Å². The highest BCUT2D eigenvalue weighted by molar-refractivity contribution is 7.80. The second-order valence-corrected chi connectivity index (χ2v) is 17.1. The van der Waals surface area contributed by atoms with Gasteiger partial charge < -0.3 is 14.0 Å². The molecule has 0 saturated heterocycles. The molecule has 0 radical (unpaired) electrons. The second-order valence-electron chi connectivity index (χ2n) is 8.56. The van der Waals surface area contributed by atoms with E-state index in [4.69, 9.17) is 0 Å². The lowest BCUT2D eigenvalue weighted by Gasteiger charge is -2.23. The molecule has 0 aliphatic heterocycles. The Kier molecular flexibility index (Phi) is 8.10. The summed E-state index contributed by atoms with van der Waals surface area (Å²) in [6.07, 6.45) is -0.0408. The van der Waals surface area contributed by atoms with Gasteiger partial charge in [0.05, 0.1) is 0 Å². The van der Waals surface area contributed by atoms with E-state index in [0.717, 1.165) is 0 Å². The van der Waals surface area contributed by atoms with Crippen LogP contribution in [0.25, 0.3) is 0 Å². The summed E-state index contributed by atoms with van der Waals surface area (Å²) in [6.45, 7) is 0. The molecule has 4 nitrogen and oxygen atoms in total. The van der Waals surface area contributed by atoms with E-state index in [1.807, 2.05) is 121 Å². The molecule has 0 atom stereocenters. The van der Waals surface area contributed by atoms with Crippen LogP contribution in [0, 0.1) is 0 Å². The molecule has 0 unspecified atom stereocenters. The molecule has 4 aromatic carbocycles. The third-order valence-electron chi connectivity index (χ3n) is 6.22. The predicted octanol–water partition coefficient (Wildman–Crippen LogP) is 5.29. The van der Waals surface area contributed by atoms with E-state index in [2.05, 4.69) is 0 Å². The minimum atomic E-state index is -3.71. The zero-order valence-corrected chi connectivity index (χ0v) is 22.1.